The number of hydrogen-bond acceptors (Lipinski definition) is 16. The average molecular weight is 1150 g/mol. The van der Waals surface area contributed by atoms with E-state index >= 15 is 0 Å². The van der Waals surface area contributed by atoms with Gasteiger partial charge >= 0.3 is 24.1 Å². The van der Waals surface area contributed by atoms with E-state index < -0.39 is 108 Å². The first-order valence-electron chi connectivity index (χ1n) is 25.5. The van der Waals surface area contributed by atoms with Crippen molar-refractivity contribution in [3.05, 3.63) is 98.8 Å². The number of aliphatic carboxylic acids is 2. The molecule has 27 nitrogen and oxygen atoms in total. The lowest BCUT2D eigenvalue weighted by molar-refractivity contribution is -0.192. The number of rotatable bonds is 18. The summed E-state index contributed by atoms with van der Waals surface area (Å²) in [4.78, 5) is 143. The largest absolute Gasteiger partial charge is 0.490 e. The van der Waals surface area contributed by atoms with Crippen LogP contribution in [0.5, 0.6) is 0 Å². The molecular formula is C52H59F3N12O15. The molecule has 4 aromatic rings. The number of carbonyl (C=O) groups is 9. The molecule has 13 N–H and O–H groups in total. The number of aliphatic imine (C=N–C) groups is 1. The van der Waals surface area contributed by atoms with Crippen LogP contribution in [0.15, 0.2) is 75.6 Å². The minimum atomic E-state index is -5.08. The van der Waals surface area contributed by atoms with Crippen LogP contribution in [-0.4, -0.2) is 147 Å². The number of ether oxygens (including phenoxy) is 1. The number of esters is 1. The summed E-state index contributed by atoms with van der Waals surface area (Å²) in [5, 5.41) is 48.1. The van der Waals surface area contributed by atoms with Crippen molar-refractivity contribution in [3.8, 4) is 11.4 Å². The van der Waals surface area contributed by atoms with E-state index in [1.54, 1.807) is 49.4 Å². The predicted octanol–water partition coefficient (Wildman–Crippen LogP) is -0.810. The molecule has 7 rings (SSSR count). The highest BCUT2D eigenvalue weighted by Gasteiger charge is 2.46. The number of nitrogens with zero attached hydrogens (tertiary/aromatic N) is 4. The van der Waals surface area contributed by atoms with Crippen LogP contribution in [0.4, 0.5) is 13.2 Å². The van der Waals surface area contributed by atoms with Gasteiger partial charge in [0.05, 0.1) is 54.7 Å². The fraction of sp³-hybridized carbons (Fsp3) is 0.404. The van der Waals surface area contributed by atoms with Crippen LogP contribution < -0.4 is 48.9 Å². The number of nitrogens with two attached hydrogens (primary N) is 2. The van der Waals surface area contributed by atoms with E-state index in [1.807, 2.05) is 18.2 Å². The van der Waals surface area contributed by atoms with Crippen molar-refractivity contribution >= 4 is 76.4 Å². The maximum atomic E-state index is 14.1. The summed E-state index contributed by atoms with van der Waals surface area (Å²) in [6.07, 6.45) is -4.61. The number of halogens is 3. The quantitative estimate of drug-likeness (QED) is 0.0168. The molecule has 0 spiro atoms. The highest BCUT2D eigenvalue weighted by atomic mass is 19.4. The van der Waals surface area contributed by atoms with Crippen LogP contribution in [0.25, 0.3) is 22.3 Å². The zero-order chi connectivity index (χ0) is 59.9. The first kappa shape index (κ1) is 61.7. The number of carbonyl (C=O) groups excluding carboxylic acids is 7. The third kappa shape index (κ3) is 15.9. The number of para-hydroxylation sites is 1. The van der Waals surface area contributed by atoms with Crippen molar-refractivity contribution in [3.63, 3.8) is 0 Å². The molecule has 2 aromatic carbocycles. The summed E-state index contributed by atoms with van der Waals surface area (Å²) in [5.74, 6) is -10.1. The molecule has 82 heavy (non-hydrogen) atoms. The van der Waals surface area contributed by atoms with E-state index in [2.05, 4.69) is 42.0 Å². The topological polar surface area (TPSA) is 417 Å². The molecule has 1 fully saturated rings. The minimum Gasteiger partial charge on any atom is -0.481 e. The summed E-state index contributed by atoms with van der Waals surface area (Å²) < 4.78 is 38.4. The summed E-state index contributed by atoms with van der Waals surface area (Å²) in [6, 6.07) is 11.7. The number of amides is 6. The van der Waals surface area contributed by atoms with Crippen LogP contribution in [-0.2, 0) is 77.9 Å². The molecule has 438 valence electrons. The Kier molecular flexibility index (Phi) is 20.8. The van der Waals surface area contributed by atoms with Crippen molar-refractivity contribution < 1.29 is 81.2 Å². The number of hydrogen-bond donors (Lipinski definition) is 11. The fourth-order valence-electron chi connectivity index (χ4n) is 8.98. The normalized spacial score (nSPS) is 20.1. The third-order valence-electron chi connectivity index (χ3n) is 13.1. The first-order valence-corrected chi connectivity index (χ1v) is 25.5. The molecule has 1 saturated heterocycles. The maximum Gasteiger partial charge on any atom is 0.490 e. The Balaban J connectivity index is 0.00000145. The number of guanidine groups is 1. The van der Waals surface area contributed by atoms with Gasteiger partial charge < -0.3 is 72.8 Å². The van der Waals surface area contributed by atoms with Gasteiger partial charge in [0.2, 0.25) is 35.4 Å². The zero-order valence-corrected chi connectivity index (χ0v) is 43.9. The van der Waals surface area contributed by atoms with E-state index in [1.165, 1.54) is 10.8 Å². The lowest BCUT2D eigenvalue weighted by atomic mass is 9.86. The minimum absolute atomic E-state index is 0.00689. The predicted molar refractivity (Wildman–Crippen MR) is 282 cm³/mol. The van der Waals surface area contributed by atoms with Crippen molar-refractivity contribution in [2.24, 2.45) is 21.6 Å². The molecule has 5 atom stereocenters. The highest BCUT2D eigenvalue weighted by molar-refractivity contribution is 6.03. The Bertz CT molecular complexity index is 3230. The molecule has 0 aliphatic carbocycles. The van der Waals surface area contributed by atoms with Gasteiger partial charge in [-0.05, 0) is 49.8 Å². The van der Waals surface area contributed by atoms with Gasteiger partial charge in [-0.1, -0.05) is 60.6 Å². The second kappa shape index (κ2) is 27.6. The van der Waals surface area contributed by atoms with Crippen molar-refractivity contribution in [1.29, 1.82) is 0 Å². The fourth-order valence-corrected chi connectivity index (χ4v) is 8.98. The van der Waals surface area contributed by atoms with Crippen LogP contribution in [0.2, 0.25) is 0 Å². The van der Waals surface area contributed by atoms with E-state index in [-0.39, 0.29) is 94.9 Å². The summed E-state index contributed by atoms with van der Waals surface area (Å²) in [5.41, 5.74) is 12.2. The molecule has 30 heteroatoms. The number of fused-ring (bicyclic) bond motifs is 5. The number of cyclic esters (lactones) is 1. The zero-order valence-electron chi connectivity index (χ0n) is 43.9. The number of aromatic nitrogens is 2. The number of nitrogens with one attached hydrogen (secondary N) is 6. The lowest BCUT2D eigenvalue weighted by Crippen LogP contribution is -2.58. The Morgan fingerprint density at radius 1 is 0.878 bits per heavy atom. The van der Waals surface area contributed by atoms with E-state index in [0.29, 0.717) is 33.6 Å². The van der Waals surface area contributed by atoms with Gasteiger partial charge in [0.1, 0.15) is 37.4 Å². The summed E-state index contributed by atoms with van der Waals surface area (Å²) in [6.45, 7) is 0.800. The van der Waals surface area contributed by atoms with Crippen molar-refractivity contribution in [2.75, 3.05) is 26.2 Å². The number of aliphatic hydroxyl groups is 1. The van der Waals surface area contributed by atoms with Gasteiger partial charge in [-0.3, -0.25) is 43.3 Å². The van der Waals surface area contributed by atoms with Gasteiger partial charge in [0, 0.05) is 41.5 Å². The van der Waals surface area contributed by atoms with Gasteiger partial charge in [-0.2, -0.15) is 13.2 Å². The Hall–Kier alpha value is -9.48. The lowest BCUT2D eigenvalue weighted by Gasteiger charge is -2.31. The second-order valence-corrected chi connectivity index (χ2v) is 18.8. The van der Waals surface area contributed by atoms with Crippen molar-refractivity contribution in [1.82, 2.24) is 41.5 Å². The molecule has 6 amide bonds. The SMILES string of the molecule is CC[C@@]1(O)C(=O)OCc2c1cc1n(c2=O)Cc2c-1nc1ccccc1c2/C=N/OCCNC(=O)CCCC1NC(=O)C(CCCN=C(N)N)NC(=O)CNC(=O)C(CC(=O)O)NC(=O)C(Cc2ccccc2)NC1=O.O=C(O)C(F)(F)F. The van der Waals surface area contributed by atoms with Crippen LogP contribution in [0, 0.1) is 0 Å². The molecule has 3 aliphatic heterocycles. The summed E-state index contributed by atoms with van der Waals surface area (Å²) in [7, 11) is 0. The molecule has 0 bridgehead atoms. The standard InChI is InChI=1S/C50H58N12O13.C2HF3O2/c1-2-50(73)32-21-38-42-30(25-62(38)47(71)31(32)26-74-48(50)72)29(28-12-6-7-13-33(28)58-42)23-56-75-19-18-53-39(63)16-8-14-35-45(69)60-36(20-27-10-4-3-5-11-27)46(70)61-37(22-41(65)66)43(67)55-24-40(64)57-34(44(68)59-35)15-9-17-54-49(51)52;3-2(4,5)1(6)7/h3-7,10-13,21,23,34-37,73H,2,8-9,14-20,22,24-26H2,1H3,(H,53,63)(H,55,67)(H,57,64)(H,59,68)(H,60,69)(H,61,70)(H,65,66)(H4,51,52,54);(H,6,7)/b56-23+;/t34?,35?,36?,37?,50-;/m0./s1. The van der Waals surface area contributed by atoms with Crippen LogP contribution >= 0.6 is 0 Å². The van der Waals surface area contributed by atoms with Gasteiger partial charge in [-0.25, -0.2) is 14.6 Å². The first-order chi connectivity index (χ1) is 38.9. The second-order valence-electron chi connectivity index (χ2n) is 18.8. The van der Waals surface area contributed by atoms with Crippen LogP contribution in [0.1, 0.15) is 79.7 Å². The molecule has 4 unspecified atom stereocenters. The monoisotopic (exact) mass is 1150 g/mol. The molecule has 2 aromatic heterocycles. The molecule has 5 heterocycles. The molecular weight excluding hydrogens is 1090 g/mol. The summed E-state index contributed by atoms with van der Waals surface area (Å²) >= 11 is 0. The Morgan fingerprint density at radius 3 is 2.18 bits per heavy atom. The Labute approximate surface area is 463 Å². The van der Waals surface area contributed by atoms with Crippen molar-refractivity contribution in [2.45, 2.75) is 107 Å². The maximum absolute atomic E-state index is 14.1. The average Bonchev–Trinajstić information content (AvgIpc) is 3.40. The number of oxime groups is 1. The molecule has 0 saturated carbocycles. The molecule has 0 radical (unpaired) electrons. The van der Waals surface area contributed by atoms with Gasteiger partial charge in [0.25, 0.3) is 5.56 Å². The molecule has 3 aliphatic rings. The number of pyridine rings is 2. The van der Waals surface area contributed by atoms with E-state index in [4.69, 9.17) is 35.9 Å². The number of alkyl halides is 3. The van der Waals surface area contributed by atoms with E-state index in [0.717, 1.165) is 5.39 Å². The number of carboxylic acid groups (broad SMARTS) is 2. The number of benzene rings is 2. The Morgan fingerprint density at radius 2 is 1.51 bits per heavy atom. The highest BCUT2D eigenvalue weighted by Crippen LogP contribution is 2.40. The van der Waals surface area contributed by atoms with Crippen LogP contribution in [0.3, 0.4) is 0 Å². The number of carboxylic acids is 2. The van der Waals surface area contributed by atoms with Gasteiger partial charge in [-0.15, -0.1) is 0 Å². The van der Waals surface area contributed by atoms with Gasteiger partial charge in [0.15, 0.2) is 11.6 Å². The third-order valence-corrected chi connectivity index (χ3v) is 13.1. The van der Waals surface area contributed by atoms with E-state index in [9.17, 15) is 66.5 Å². The smallest absolute Gasteiger partial charge is 0.481 e.